The summed E-state index contributed by atoms with van der Waals surface area (Å²) >= 11 is 0. The average molecular weight is 514 g/mol. The Balaban J connectivity index is 0.00000300. The van der Waals surface area contributed by atoms with Crippen molar-refractivity contribution in [1.82, 2.24) is 15.6 Å². The standard InChI is InChI=1S/C21H30N4O3.HI/c1-5-22-20(25-14-19-23-13-18(28-19)21(2,3)4)24-12-15-7-8-16-17(11-15)27-10-6-9-26-16;/h7-8,11,13H,5-6,9-10,12,14H2,1-4H3,(H2,22,24,25);1H. The third kappa shape index (κ3) is 6.80. The van der Waals surface area contributed by atoms with E-state index in [2.05, 4.69) is 41.4 Å². The summed E-state index contributed by atoms with van der Waals surface area (Å²) in [6.45, 7) is 11.5. The van der Waals surface area contributed by atoms with Gasteiger partial charge in [-0.25, -0.2) is 9.98 Å². The molecule has 3 rings (SSSR count). The largest absolute Gasteiger partial charge is 0.490 e. The van der Waals surface area contributed by atoms with E-state index in [9.17, 15) is 0 Å². The average Bonchev–Trinajstić information content (AvgIpc) is 3.03. The van der Waals surface area contributed by atoms with E-state index in [0.29, 0.717) is 38.2 Å². The molecule has 0 unspecified atom stereocenters. The summed E-state index contributed by atoms with van der Waals surface area (Å²) in [5, 5.41) is 6.52. The molecule has 0 bridgehead atoms. The zero-order valence-corrected chi connectivity index (χ0v) is 19.9. The number of hydrogen-bond acceptors (Lipinski definition) is 5. The molecular formula is C21H31IN4O3. The molecule has 1 aliphatic heterocycles. The maximum absolute atomic E-state index is 5.83. The summed E-state index contributed by atoms with van der Waals surface area (Å²) in [7, 11) is 0. The minimum absolute atomic E-state index is 0. The van der Waals surface area contributed by atoms with Gasteiger partial charge < -0.3 is 24.5 Å². The first-order valence-corrected chi connectivity index (χ1v) is 9.81. The predicted molar refractivity (Wildman–Crippen MR) is 124 cm³/mol. The summed E-state index contributed by atoms with van der Waals surface area (Å²) in [4.78, 5) is 9.00. The molecule has 2 aromatic rings. The highest BCUT2D eigenvalue weighted by Crippen LogP contribution is 2.30. The summed E-state index contributed by atoms with van der Waals surface area (Å²) in [6, 6.07) is 5.97. The minimum Gasteiger partial charge on any atom is -0.490 e. The number of aromatic nitrogens is 1. The van der Waals surface area contributed by atoms with Gasteiger partial charge in [-0.3, -0.25) is 0 Å². The van der Waals surface area contributed by atoms with Gasteiger partial charge in [0.2, 0.25) is 5.89 Å². The van der Waals surface area contributed by atoms with Crippen LogP contribution in [0.25, 0.3) is 0 Å². The second kappa shape index (κ2) is 10.7. The van der Waals surface area contributed by atoms with Crippen molar-refractivity contribution in [3.63, 3.8) is 0 Å². The molecule has 0 spiro atoms. The van der Waals surface area contributed by atoms with Gasteiger partial charge in [-0.1, -0.05) is 26.8 Å². The van der Waals surface area contributed by atoms with Crippen LogP contribution in [-0.4, -0.2) is 30.7 Å². The van der Waals surface area contributed by atoms with Crippen molar-refractivity contribution < 1.29 is 13.9 Å². The molecule has 1 aromatic heterocycles. The molecule has 0 aliphatic carbocycles. The number of guanidine groups is 1. The van der Waals surface area contributed by atoms with Gasteiger partial charge in [-0.05, 0) is 24.6 Å². The molecular weight excluding hydrogens is 483 g/mol. The number of nitrogens with zero attached hydrogens (tertiary/aromatic N) is 2. The fourth-order valence-electron chi connectivity index (χ4n) is 2.72. The van der Waals surface area contributed by atoms with Crippen LogP contribution < -0.4 is 20.1 Å². The predicted octanol–water partition coefficient (Wildman–Crippen LogP) is 4.01. The minimum atomic E-state index is -0.0546. The van der Waals surface area contributed by atoms with Crippen LogP contribution in [0.4, 0.5) is 0 Å². The second-order valence-electron chi connectivity index (χ2n) is 7.75. The molecule has 0 radical (unpaired) electrons. The van der Waals surface area contributed by atoms with Gasteiger partial charge in [-0.2, -0.15) is 0 Å². The zero-order valence-electron chi connectivity index (χ0n) is 17.6. The Morgan fingerprint density at radius 2 is 1.90 bits per heavy atom. The van der Waals surface area contributed by atoms with Gasteiger partial charge in [0.05, 0.1) is 32.5 Å². The van der Waals surface area contributed by atoms with E-state index >= 15 is 0 Å². The molecule has 0 saturated heterocycles. The number of fused-ring (bicyclic) bond motifs is 1. The van der Waals surface area contributed by atoms with Gasteiger partial charge in [0.15, 0.2) is 17.5 Å². The van der Waals surface area contributed by atoms with E-state index in [0.717, 1.165) is 35.8 Å². The molecule has 1 aliphatic rings. The molecule has 0 fully saturated rings. The van der Waals surface area contributed by atoms with Crippen molar-refractivity contribution in [1.29, 1.82) is 0 Å². The Morgan fingerprint density at radius 3 is 2.59 bits per heavy atom. The fraction of sp³-hybridized carbons (Fsp3) is 0.524. The molecule has 0 atom stereocenters. The number of ether oxygens (including phenoxy) is 2. The van der Waals surface area contributed by atoms with Crippen LogP contribution in [-0.2, 0) is 18.5 Å². The monoisotopic (exact) mass is 514 g/mol. The first-order valence-electron chi connectivity index (χ1n) is 9.81. The molecule has 8 heteroatoms. The van der Waals surface area contributed by atoms with Crippen molar-refractivity contribution in [3.8, 4) is 11.5 Å². The van der Waals surface area contributed by atoms with Crippen molar-refractivity contribution in [3.05, 3.63) is 41.6 Å². The molecule has 2 heterocycles. The third-order valence-electron chi connectivity index (χ3n) is 4.28. The molecule has 0 amide bonds. The Kier molecular flexibility index (Phi) is 8.60. The van der Waals surface area contributed by atoms with E-state index < -0.39 is 0 Å². The van der Waals surface area contributed by atoms with E-state index in [1.54, 1.807) is 6.20 Å². The SMILES string of the molecule is CCNC(=NCc1ccc2c(c1)OCCCO2)NCc1ncc(C(C)(C)C)o1.I. The van der Waals surface area contributed by atoms with Crippen LogP contribution in [0.1, 0.15) is 51.3 Å². The summed E-state index contributed by atoms with van der Waals surface area (Å²) in [5.74, 6) is 3.82. The van der Waals surface area contributed by atoms with Crippen LogP contribution >= 0.6 is 24.0 Å². The normalized spacial score (nSPS) is 14.0. The number of hydrogen-bond donors (Lipinski definition) is 2. The molecule has 2 N–H and O–H groups in total. The number of aliphatic imine (C=N–C) groups is 1. The van der Waals surface area contributed by atoms with Crippen molar-refractivity contribution in [2.45, 2.75) is 52.6 Å². The smallest absolute Gasteiger partial charge is 0.213 e. The highest BCUT2D eigenvalue weighted by Gasteiger charge is 2.19. The van der Waals surface area contributed by atoms with Gasteiger partial charge >= 0.3 is 0 Å². The Morgan fingerprint density at radius 1 is 1.14 bits per heavy atom. The van der Waals surface area contributed by atoms with Gasteiger partial charge in [-0.15, -0.1) is 24.0 Å². The lowest BCUT2D eigenvalue weighted by Gasteiger charge is -2.13. The molecule has 7 nitrogen and oxygen atoms in total. The lowest BCUT2D eigenvalue weighted by molar-refractivity contribution is 0.297. The first-order chi connectivity index (χ1) is 13.5. The summed E-state index contributed by atoms with van der Waals surface area (Å²) in [6.07, 6.45) is 2.69. The van der Waals surface area contributed by atoms with E-state index in [-0.39, 0.29) is 29.4 Å². The second-order valence-corrected chi connectivity index (χ2v) is 7.75. The Bertz CT molecular complexity index is 814. The van der Waals surface area contributed by atoms with E-state index in [1.165, 1.54) is 0 Å². The maximum Gasteiger partial charge on any atom is 0.213 e. The summed E-state index contributed by atoms with van der Waals surface area (Å²) < 4.78 is 17.3. The topological polar surface area (TPSA) is 80.9 Å². The summed E-state index contributed by atoms with van der Waals surface area (Å²) in [5.41, 5.74) is 1.01. The molecule has 0 saturated carbocycles. The zero-order chi connectivity index (χ0) is 20.0. The van der Waals surface area contributed by atoms with Crippen molar-refractivity contribution in [2.24, 2.45) is 4.99 Å². The van der Waals surface area contributed by atoms with Crippen LogP contribution in [0.5, 0.6) is 11.5 Å². The van der Waals surface area contributed by atoms with Gasteiger partial charge in [0.1, 0.15) is 5.76 Å². The Labute approximate surface area is 189 Å². The fourth-order valence-corrected chi connectivity index (χ4v) is 2.72. The third-order valence-corrected chi connectivity index (χ3v) is 4.28. The maximum atomic E-state index is 5.83. The lowest BCUT2D eigenvalue weighted by atomic mass is 9.94. The van der Waals surface area contributed by atoms with Crippen molar-refractivity contribution in [2.75, 3.05) is 19.8 Å². The number of halogens is 1. The quantitative estimate of drug-likeness (QED) is 0.357. The van der Waals surface area contributed by atoms with E-state index in [1.807, 2.05) is 25.1 Å². The highest BCUT2D eigenvalue weighted by atomic mass is 127. The number of oxazole rings is 1. The molecule has 29 heavy (non-hydrogen) atoms. The van der Waals surface area contributed by atoms with Crippen LogP contribution in [0.15, 0.2) is 33.8 Å². The van der Waals surface area contributed by atoms with Crippen LogP contribution in [0.3, 0.4) is 0 Å². The van der Waals surface area contributed by atoms with E-state index in [4.69, 9.17) is 13.9 Å². The number of rotatable bonds is 5. The first kappa shape index (κ1) is 23.3. The van der Waals surface area contributed by atoms with Gasteiger partial charge in [0, 0.05) is 18.4 Å². The van der Waals surface area contributed by atoms with Crippen molar-refractivity contribution >= 4 is 29.9 Å². The van der Waals surface area contributed by atoms with Crippen LogP contribution in [0, 0.1) is 0 Å². The highest BCUT2D eigenvalue weighted by molar-refractivity contribution is 14.0. The van der Waals surface area contributed by atoms with Crippen LogP contribution in [0.2, 0.25) is 0 Å². The number of benzene rings is 1. The van der Waals surface area contributed by atoms with Gasteiger partial charge in [0.25, 0.3) is 0 Å². The molecule has 1 aromatic carbocycles. The lowest BCUT2D eigenvalue weighted by Crippen LogP contribution is -2.36. The Hall–Kier alpha value is -1.97. The number of nitrogens with one attached hydrogen (secondary N) is 2. The molecule has 160 valence electrons.